The van der Waals surface area contributed by atoms with Crippen LogP contribution < -0.4 is 10.1 Å². The average molecular weight is 406 g/mol. The highest BCUT2D eigenvalue weighted by molar-refractivity contribution is 6.02. The van der Waals surface area contributed by atoms with Gasteiger partial charge in [-0.25, -0.2) is 9.97 Å². The standard InChI is InChI=1S/C26H22N4O/c1-31-23-15-9-8-12-20(23)16-27-25-24-22(19-10-4-2-5-11-19)17-30(26(24)29-18-28-25)21-13-6-3-7-14-21/h2-15,17-18H,16H2,1H3,(H,27,28,29). The maximum absolute atomic E-state index is 5.50. The Kier molecular flexibility index (Phi) is 5.07. The Balaban J connectivity index is 1.65. The molecule has 0 atom stereocenters. The third kappa shape index (κ3) is 3.62. The van der Waals surface area contributed by atoms with Gasteiger partial charge in [-0.3, -0.25) is 0 Å². The number of methoxy groups -OCH3 is 1. The second-order valence-corrected chi connectivity index (χ2v) is 7.20. The summed E-state index contributed by atoms with van der Waals surface area (Å²) in [6, 6.07) is 28.6. The van der Waals surface area contributed by atoms with Crippen molar-refractivity contribution in [3.05, 3.63) is 103 Å². The summed E-state index contributed by atoms with van der Waals surface area (Å²) < 4.78 is 7.62. The van der Waals surface area contributed by atoms with Crippen LogP contribution in [0.3, 0.4) is 0 Å². The van der Waals surface area contributed by atoms with Crippen LogP contribution in [-0.2, 0) is 6.54 Å². The fourth-order valence-corrected chi connectivity index (χ4v) is 3.85. The molecule has 2 heterocycles. The van der Waals surface area contributed by atoms with Gasteiger partial charge < -0.3 is 14.6 Å². The number of para-hydroxylation sites is 2. The van der Waals surface area contributed by atoms with Crippen LogP contribution in [0, 0.1) is 0 Å². The van der Waals surface area contributed by atoms with E-state index in [1.54, 1.807) is 13.4 Å². The summed E-state index contributed by atoms with van der Waals surface area (Å²) in [6.07, 6.45) is 3.75. The molecule has 5 rings (SSSR count). The van der Waals surface area contributed by atoms with Gasteiger partial charge in [0.05, 0.1) is 12.5 Å². The highest BCUT2D eigenvalue weighted by Crippen LogP contribution is 2.35. The quantitative estimate of drug-likeness (QED) is 0.392. The lowest BCUT2D eigenvalue weighted by atomic mass is 10.1. The molecule has 0 unspecified atom stereocenters. The van der Waals surface area contributed by atoms with Gasteiger partial charge in [0.1, 0.15) is 17.9 Å². The van der Waals surface area contributed by atoms with Crippen LogP contribution in [0.2, 0.25) is 0 Å². The number of aromatic nitrogens is 3. The van der Waals surface area contributed by atoms with Crippen molar-refractivity contribution < 1.29 is 4.74 Å². The van der Waals surface area contributed by atoms with E-state index < -0.39 is 0 Å². The molecule has 0 saturated carbocycles. The van der Waals surface area contributed by atoms with Crippen molar-refractivity contribution in [1.29, 1.82) is 0 Å². The van der Waals surface area contributed by atoms with Crippen molar-refractivity contribution >= 4 is 16.9 Å². The molecule has 0 aliphatic heterocycles. The SMILES string of the molecule is COc1ccccc1CNc1ncnc2c1c(-c1ccccc1)cn2-c1ccccc1. The van der Waals surface area contributed by atoms with E-state index in [0.29, 0.717) is 6.54 Å². The van der Waals surface area contributed by atoms with Gasteiger partial charge in [-0.2, -0.15) is 0 Å². The fraction of sp³-hybridized carbons (Fsp3) is 0.0769. The molecule has 31 heavy (non-hydrogen) atoms. The molecular formula is C26H22N4O. The predicted octanol–water partition coefficient (Wildman–Crippen LogP) is 5.71. The molecule has 5 nitrogen and oxygen atoms in total. The fourth-order valence-electron chi connectivity index (χ4n) is 3.85. The maximum Gasteiger partial charge on any atom is 0.150 e. The summed E-state index contributed by atoms with van der Waals surface area (Å²) in [6.45, 7) is 0.598. The molecule has 5 heteroatoms. The molecule has 1 N–H and O–H groups in total. The van der Waals surface area contributed by atoms with Gasteiger partial charge in [0.15, 0.2) is 5.65 Å². The first-order valence-corrected chi connectivity index (χ1v) is 10.2. The largest absolute Gasteiger partial charge is 0.496 e. The molecule has 2 aromatic heterocycles. The third-order valence-corrected chi connectivity index (χ3v) is 5.34. The molecular weight excluding hydrogens is 384 g/mol. The third-order valence-electron chi connectivity index (χ3n) is 5.34. The summed E-state index contributed by atoms with van der Waals surface area (Å²) >= 11 is 0. The monoisotopic (exact) mass is 406 g/mol. The number of fused-ring (bicyclic) bond motifs is 1. The average Bonchev–Trinajstić information content (AvgIpc) is 3.24. The number of benzene rings is 3. The summed E-state index contributed by atoms with van der Waals surface area (Å²) in [5, 5.41) is 4.50. The van der Waals surface area contributed by atoms with Crippen LogP contribution in [0.1, 0.15) is 5.56 Å². The molecule has 5 aromatic rings. The maximum atomic E-state index is 5.50. The van der Waals surface area contributed by atoms with Gasteiger partial charge in [0.2, 0.25) is 0 Å². The number of anilines is 1. The zero-order valence-electron chi connectivity index (χ0n) is 17.2. The minimum atomic E-state index is 0.598. The van der Waals surface area contributed by atoms with E-state index >= 15 is 0 Å². The summed E-state index contributed by atoms with van der Waals surface area (Å²) in [5.41, 5.74) is 5.20. The van der Waals surface area contributed by atoms with E-state index in [9.17, 15) is 0 Å². The Morgan fingerprint density at radius 3 is 2.32 bits per heavy atom. The lowest BCUT2D eigenvalue weighted by molar-refractivity contribution is 0.410. The van der Waals surface area contributed by atoms with Crippen LogP contribution in [0.15, 0.2) is 97.5 Å². The van der Waals surface area contributed by atoms with E-state index in [2.05, 4.69) is 56.4 Å². The van der Waals surface area contributed by atoms with Gasteiger partial charge in [0.25, 0.3) is 0 Å². The first-order chi connectivity index (χ1) is 15.3. The zero-order chi connectivity index (χ0) is 21.0. The molecule has 0 aliphatic carbocycles. The van der Waals surface area contributed by atoms with E-state index in [1.165, 1.54) is 0 Å². The van der Waals surface area contributed by atoms with Gasteiger partial charge in [-0.05, 0) is 23.8 Å². The zero-order valence-corrected chi connectivity index (χ0v) is 17.2. The van der Waals surface area contributed by atoms with Gasteiger partial charge in [0, 0.05) is 29.6 Å². The van der Waals surface area contributed by atoms with Crippen LogP contribution in [0.5, 0.6) is 5.75 Å². The van der Waals surface area contributed by atoms with Gasteiger partial charge >= 0.3 is 0 Å². The van der Waals surface area contributed by atoms with Crippen molar-refractivity contribution in [3.63, 3.8) is 0 Å². The second-order valence-electron chi connectivity index (χ2n) is 7.20. The lowest BCUT2D eigenvalue weighted by Crippen LogP contribution is -2.04. The number of ether oxygens (including phenoxy) is 1. The van der Waals surface area contributed by atoms with Gasteiger partial charge in [-0.1, -0.05) is 66.7 Å². The minimum Gasteiger partial charge on any atom is -0.496 e. The Morgan fingerprint density at radius 2 is 1.55 bits per heavy atom. The molecule has 0 spiro atoms. The van der Waals surface area contributed by atoms with E-state index in [1.807, 2.05) is 54.6 Å². The lowest BCUT2D eigenvalue weighted by Gasteiger charge is -2.11. The molecule has 3 aromatic carbocycles. The van der Waals surface area contributed by atoms with E-state index in [4.69, 9.17) is 4.74 Å². The van der Waals surface area contributed by atoms with E-state index in [0.717, 1.165) is 45.0 Å². The summed E-state index contributed by atoms with van der Waals surface area (Å²) in [4.78, 5) is 9.23. The molecule has 0 amide bonds. The number of nitrogens with zero attached hydrogens (tertiary/aromatic N) is 3. The number of rotatable bonds is 6. The minimum absolute atomic E-state index is 0.598. The smallest absolute Gasteiger partial charge is 0.150 e. The number of hydrogen-bond acceptors (Lipinski definition) is 4. The number of hydrogen-bond donors (Lipinski definition) is 1. The Hall–Kier alpha value is -4.12. The summed E-state index contributed by atoms with van der Waals surface area (Å²) in [7, 11) is 1.69. The normalized spacial score (nSPS) is 10.9. The molecule has 0 radical (unpaired) electrons. The first-order valence-electron chi connectivity index (χ1n) is 10.2. The van der Waals surface area contributed by atoms with Crippen molar-refractivity contribution in [1.82, 2.24) is 14.5 Å². The Bertz CT molecular complexity index is 1310. The topological polar surface area (TPSA) is 52.0 Å². The Labute approximate surface area is 181 Å². The van der Waals surface area contributed by atoms with E-state index in [-0.39, 0.29) is 0 Å². The second kappa shape index (κ2) is 8.32. The number of nitrogens with one attached hydrogen (secondary N) is 1. The van der Waals surface area contributed by atoms with Crippen LogP contribution in [0.4, 0.5) is 5.82 Å². The highest BCUT2D eigenvalue weighted by atomic mass is 16.5. The van der Waals surface area contributed by atoms with Crippen molar-refractivity contribution in [2.24, 2.45) is 0 Å². The molecule has 152 valence electrons. The van der Waals surface area contributed by atoms with Crippen molar-refractivity contribution in [3.8, 4) is 22.6 Å². The van der Waals surface area contributed by atoms with Gasteiger partial charge in [-0.15, -0.1) is 0 Å². The van der Waals surface area contributed by atoms with Crippen LogP contribution in [0.25, 0.3) is 27.8 Å². The first kappa shape index (κ1) is 18.9. The predicted molar refractivity (Wildman–Crippen MR) is 125 cm³/mol. The van der Waals surface area contributed by atoms with Crippen LogP contribution in [-0.4, -0.2) is 21.6 Å². The van der Waals surface area contributed by atoms with Crippen LogP contribution >= 0.6 is 0 Å². The molecule has 0 saturated heterocycles. The summed E-state index contributed by atoms with van der Waals surface area (Å²) in [5.74, 6) is 1.65. The molecule has 0 bridgehead atoms. The van der Waals surface area contributed by atoms with Crippen molar-refractivity contribution in [2.75, 3.05) is 12.4 Å². The highest BCUT2D eigenvalue weighted by Gasteiger charge is 2.17. The van der Waals surface area contributed by atoms with Crippen molar-refractivity contribution in [2.45, 2.75) is 6.54 Å². The molecule has 0 aliphatic rings. The molecule has 0 fully saturated rings. The Morgan fingerprint density at radius 1 is 0.839 bits per heavy atom.